The molecule has 31 atom stereocenters. The Morgan fingerprint density at radius 1 is 0.387 bits per heavy atom. The lowest BCUT2D eigenvalue weighted by Crippen LogP contribution is -2.47. The van der Waals surface area contributed by atoms with Crippen molar-refractivity contribution in [3.05, 3.63) is 0 Å². The van der Waals surface area contributed by atoms with Gasteiger partial charge in [-0.1, -0.05) is 69.2 Å². The highest BCUT2D eigenvalue weighted by Gasteiger charge is 2.74. The number of ether oxygens (including phenoxy) is 12. The number of fused-ring (bicyclic) bond motifs is 6. The molecule has 0 aromatic carbocycles. The third-order valence-corrected chi connectivity index (χ3v) is 32.1. The molecule has 18 aliphatic rings. The molecule has 6 saturated heterocycles. The van der Waals surface area contributed by atoms with Crippen LogP contribution in [-0.4, -0.2) is 144 Å². The largest absolute Gasteiger partial charge is 0.462 e. The van der Waals surface area contributed by atoms with E-state index in [-0.39, 0.29) is 215 Å². The lowest BCUT2D eigenvalue weighted by Gasteiger charge is -2.36. The van der Waals surface area contributed by atoms with Crippen molar-refractivity contribution in [3.63, 3.8) is 0 Å². The highest BCUT2D eigenvalue weighted by atomic mass is 16.6. The number of hydrogen-bond donors (Lipinski definition) is 0. The van der Waals surface area contributed by atoms with Crippen molar-refractivity contribution in [3.8, 4) is 0 Å². The van der Waals surface area contributed by atoms with E-state index < -0.39 is 32.7 Å². The molecule has 0 radical (unpaired) electrons. The van der Waals surface area contributed by atoms with Gasteiger partial charge in [0.05, 0.1) is 62.6 Å². The molecule has 24 heteroatoms. The smallest absolute Gasteiger partial charge is 0.313 e. The number of carbonyl (C=O) groups is 12. The highest BCUT2D eigenvalue weighted by molar-refractivity contribution is 5.83. The lowest BCUT2D eigenvalue weighted by atomic mass is 9.79. The van der Waals surface area contributed by atoms with E-state index in [1.54, 1.807) is 0 Å². The number of esters is 12. The third kappa shape index (κ3) is 13.9. The van der Waals surface area contributed by atoms with Crippen molar-refractivity contribution in [1.29, 1.82) is 0 Å². The van der Waals surface area contributed by atoms with Crippen LogP contribution < -0.4 is 0 Å². The van der Waals surface area contributed by atoms with Crippen molar-refractivity contribution in [2.45, 2.75) is 327 Å². The Kier molecular flexibility index (Phi) is 21.7. The van der Waals surface area contributed by atoms with E-state index in [0.717, 1.165) is 109 Å². The van der Waals surface area contributed by atoms with E-state index in [9.17, 15) is 57.5 Å². The first kappa shape index (κ1) is 82.6. The van der Waals surface area contributed by atoms with E-state index in [1.807, 2.05) is 125 Å². The van der Waals surface area contributed by atoms with Gasteiger partial charge in [-0.15, -0.1) is 0 Å². The number of hydrogen-bond acceptors (Lipinski definition) is 24. The molecule has 111 heavy (non-hydrogen) atoms. The van der Waals surface area contributed by atoms with Gasteiger partial charge in [0.15, 0.2) is 0 Å². The van der Waals surface area contributed by atoms with Crippen molar-refractivity contribution in [1.82, 2.24) is 0 Å². The minimum absolute atomic E-state index is 0.0167. The van der Waals surface area contributed by atoms with E-state index >= 15 is 0 Å². The molecule has 18 rings (SSSR count). The molecule has 12 aliphatic carbocycles. The van der Waals surface area contributed by atoms with Crippen molar-refractivity contribution < 1.29 is 114 Å². The van der Waals surface area contributed by atoms with Gasteiger partial charge < -0.3 is 56.8 Å². The van der Waals surface area contributed by atoms with Gasteiger partial charge in [-0.2, -0.15) is 0 Å². The first-order chi connectivity index (χ1) is 51.8. The summed E-state index contributed by atoms with van der Waals surface area (Å²) in [4.78, 5) is 143. The molecule has 0 aromatic heterocycles. The Bertz CT molecular complexity index is 3700. The maximum atomic E-state index is 12.3. The van der Waals surface area contributed by atoms with Gasteiger partial charge in [0, 0.05) is 70.5 Å². The predicted octanol–water partition coefficient (Wildman–Crippen LogP) is 12.5. The van der Waals surface area contributed by atoms with Gasteiger partial charge >= 0.3 is 71.6 Å². The molecule has 6 heterocycles. The van der Waals surface area contributed by atoms with E-state index in [2.05, 4.69) is 20.8 Å². The maximum absolute atomic E-state index is 12.3. The summed E-state index contributed by atoms with van der Waals surface area (Å²) in [6.07, 6.45) is 12.3. The fourth-order valence-corrected chi connectivity index (χ4v) is 22.6. The summed E-state index contributed by atoms with van der Waals surface area (Å²) in [6.45, 7) is 41.1. The molecule has 0 spiro atoms. The van der Waals surface area contributed by atoms with Gasteiger partial charge in [-0.3, -0.25) is 57.5 Å². The zero-order valence-electron chi connectivity index (χ0n) is 69.6. The van der Waals surface area contributed by atoms with Gasteiger partial charge in [-0.05, 0) is 191 Å². The predicted molar refractivity (Wildman–Crippen MR) is 395 cm³/mol. The molecule has 6 aliphatic heterocycles. The Hall–Kier alpha value is -6.36. The monoisotopic (exact) mass is 1550 g/mol. The van der Waals surface area contributed by atoms with Crippen LogP contribution in [0.15, 0.2) is 0 Å². The second-order valence-corrected chi connectivity index (χ2v) is 40.8. The summed E-state index contributed by atoms with van der Waals surface area (Å²) in [7, 11) is 0. The van der Waals surface area contributed by atoms with Gasteiger partial charge in [0.1, 0.15) is 78.7 Å². The van der Waals surface area contributed by atoms with E-state index in [1.165, 1.54) is 0 Å². The molecule has 0 amide bonds. The zero-order valence-corrected chi connectivity index (χ0v) is 69.6. The van der Waals surface area contributed by atoms with Crippen LogP contribution in [0.3, 0.4) is 0 Å². The Morgan fingerprint density at radius 3 is 1.32 bits per heavy atom. The lowest BCUT2D eigenvalue weighted by molar-refractivity contribution is -0.181. The molecule has 618 valence electrons. The van der Waals surface area contributed by atoms with Crippen LogP contribution >= 0.6 is 0 Å². The highest BCUT2D eigenvalue weighted by Crippen LogP contribution is 2.67. The van der Waals surface area contributed by atoms with Crippen LogP contribution in [0.1, 0.15) is 255 Å². The summed E-state index contributed by atoms with van der Waals surface area (Å²) < 4.78 is 66.8. The quantitative estimate of drug-likeness (QED) is 0.0909. The number of carbonyl (C=O) groups excluding carboxylic acids is 12. The molecule has 31 unspecified atom stereocenters. The SMILES string of the molecule is CCC(C)(C)C(=O)OC1C2CC3C(=O)OC1(C)C3C2.CCC(C)(C)C(=O)OC1C2CC3C(=O)OC1C3C2.CCC(C)(C)C(=O)OC1C2CC3OC(=O)C1C3C2.CCC(C)(C)C(=O)OC1C2OC(=O)C3CC1(C)CC32.CCC(C)(C)C(=O)OC1C2OC(=O)C3CC1C(C)(C)C32.CCC(C)C(=O)OC1C2CC3C(=O)OC1C3C2. The summed E-state index contributed by atoms with van der Waals surface area (Å²) >= 11 is 0. The molecule has 12 bridgehead atoms. The standard InChI is InChI=1S/C16H24O4.2C15H22O4.2C14H20O4.C13H18O4/c1-6-15(2,3)14(18)20-11-9-7-8-10(16(9,4)5)12(11)19-13(8)17;1-5-14(2,3)13(17)19-11-10-8-6-15(11,4)7-9(8)12(16)18-10;1-5-14(2,3)13(17)18-11-8-6-9-10(7-8)15(11,4)19-12(9)16;1-4-14(2,3)13(16)18-11-7-5-8-9(6-7)17-12(15)10(8)11;1-4-14(2,3)13(16)18-10-7-5-8-9(6-7)12(15)17-11(8)10;1-3-6(2)12(14)16-10-7-4-8-9(5-7)13(15)17-11(8)10/h8-12H,6-7H2,1-5H3;2*8-11H,5-7H2,1-4H3;2*7-11H,4-6H2,1-3H3;6-11H,3-5H2,1-2H3. The summed E-state index contributed by atoms with van der Waals surface area (Å²) in [5.41, 5.74) is -2.99. The van der Waals surface area contributed by atoms with Crippen LogP contribution in [0.2, 0.25) is 0 Å². The first-order valence-corrected chi connectivity index (χ1v) is 42.3. The fraction of sp³-hybridized carbons (Fsp3) is 0.862. The Balaban J connectivity index is 0.000000117. The topological polar surface area (TPSA) is 316 Å². The average molecular weight is 1560 g/mol. The minimum atomic E-state index is -0.579. The van der Waals surface area contributed by atoms with Gasteiger partial charge in [-0.25, -0.2) is 0 Å². The summed E-state index contributed by atoms with van der Waals surface area (Å²) in [5.74, 6) is 1.56. The van der Waals surface area contributed by atoms with E-state index in [0.29, 0.717) is 41.4 Å². The van der Waals surface area contributed by atoms with Crippen LogP contribution in [0, 0.1) is 144 Å². The van der Waals surface area contributed by atoms with Crippen LogP contribution in [0.4, 0.5) is 0 Å². The summed E-state index contributed by atoms with van der Waals surface area (Å²) in [6, 6.07) is 0. The Morgan fingerprint density at radius 2 is 0.811 bits per heavy atom. The maximum Gasteiger partial charge on any atom is 0.313 e. The van der Waals surface area contributed by atoms with E-state index in [4.69, 9.17) is 56.8 Å². The average Bonchev–Trinajstić information content (AvgIpc) is 1.54. The molecular weight excluding hydrogens is 1430 g/mol. The number of rotatable bonds is 18. The molecule has 12 saturated carbocycles. The molecular formula is C87H126O24. The van der Waals surface area contributed by atoms with Gasteiger partial charge in [0.2, 0.25) is 0 Å². The Labute approximate surface area is 654 Å². The fourth-order valence-electron chi connectivity index (χ4n) is 22.6. The van der Waals surface area contributed by atoms with Crippen LogP contribution in [0.25, 0.3) is 0 Å². The normalized spacial score (nSPS) is 42.2. The van der Waals surface area contributed by atoms with Crippen molar-refractivity contribution in [2.75, 3.05) is 0 Å². The third-order valence-electron chi connectivity index (χ3n) is 32.1. The minimum Gasteiger partial charge on any atom is -0.462 e. The molecule has 0 aromatic rings. The molecule has 0 N–H and O–H groups in total. The molecule has 24 nitrogen and oxygen atoms in total. The second-order valence-electron chi connectivity index (χ2n) is 40.8. The van der Waals surface area contributed by atoms with Crippen molar-refractivity contribution >= 4 is 71.6 Å². The summed E-state index contributed by atoms with van der Waals surface area (Å²) in [5, 5.41) is 0. The van der Waals surface area contributed by atoms with Crippen LogP contribution in [-0.2, 0) is 114 Å². The second kappa shape index (κ2) is 29.1. The van der Waals surface area contributed by atoms with Crippen molar-refractivity contribution in [2.24, 2.45) is 144 Å². The van der Waals surface area contributed by atoms with Gasteiger partial charge in [0.25, 0.3) is 0 Å². The molecule has 18 fully saturated rings. The zero-order chi connectivity index (χ0) is 81.2. The van der Waals surface area contributed by atoms with Crippen LogP contribution in [0.5, 0.6) is 0 Å². The first-order valence-electron chi connectivity index (χ1n) is 42.3.